The quantitative estimate of drug-likeness (QED) is 0.272. The number of aromatic carboxylic acids is 1. The molecule has 0 aliphatic heterocycles. The maximum atomic E-state index is 11.4. The van der Waals surface area contributed by atoms with Crippen molar-refractivity contribution in [1.82, 2.24) is 5.32 Å². The molecule has 174 valence electrons. The predicted octanol–water partition coefficient (Wildman–Crippen LogP) is 5.23. The van der Waals surface area contributed by atoms with Crippen LogP contribution < -0.4 is 15.4 Å². The third kappa shape index (κ3) is 7.22. The molecule has 0 aliphatic carbocycles. The molecule has 0 saturated carbocycles. The summed E-state index contributed by atoms with van der Waals surface area (Å²) in [6.07, 6.45) is 0.194. The van der Waals surface area contributed by atoms with Crippen molar-refractivity contribution in [3.05, 3.63) is 82.9 Å². The van der Waals surface area contributed by atoms with Crippen molar-refractivity contribution >= 4 is 23.3 Å². The molecular formula is C26H29ClN2O4. The predicted molar refractivity (Wildman–Crippen MR) is 132 cm³/mol. The zero-order chi connectivity index (χ0) is 23.6. The maximum Gasteiger partial charge on any atom is 0.339 e. The van der Waals surface area contributed by atoms with E-state index in [9.17, 15) is 15.0 Å². The minimum atomic E-state index is -0.999. The van der Waals surface area contributed by atoms with Gasteiger partial charge in [-0.2, -0.15) is 0 Å². The normalized spacial score (nSPS) is 11.7. The molecular weight excluding hydrogens is 440 g/mol. The van der Waals surface area contributed by atoms with Crippen LogP contribution in [0.1, 0.15) is 35.4 Å². The number of carboxylic acid groups (broad SMARTS) is 1. The first kappa shape index (κ1) is 24.6. The summed E-state index contributed by atoms with van der Waals surface area (Å²) in [6, 6.07) is 20.3. The second-order valence-electron chi connectivity index (χ2n) is 7.64. The Morgan fingerprint density at radius 1 is 1.03 bits per heavy atom. The summed E-state index contributed by atoms with van der Waals surface area (Å²) >= 11 is 5.97. The van der Waals surface area contributed by atoms with Gasteiger partial charge >= 0.3 is 5.97 Å². The van der Waals surface area contributed by atoms with E-state index in [0.717, 1.165) is 28.8 Å². The highest BCUT2D eigenvalue weighted by Gasteiger charge is 2.13. The first-order chi connectivity index (χ1) is 16.0. The summed E-state index contributed by atoms with van der Waals surface area (Å²) in [5.41, 5.74) is 3.80. The lowest BCUT2D eigenvalue weighted by Crippen LogP contribution is -2.26. The second kappa shape index (κ2) is 12.3. The minimum absolute atomic E-state index is 0.165. The number of hydrogen-bond acceptors (Lipinski definition) is 5. The van der Waals surface area contributed by atoms with Crippen LogP contribution >= 0.6 is 11.6 Å². The number of aliphatic hydroxyl groups excluding tert-OH is 1. The number of anilines is 1. The van der Waals surface area contributed by atoms with E-state index in [0.29, 0.717) is 37.0 Å². The van der Waals surface area contributed by atoms with Crippen LogP contribution in [0.3, 0.4) is 0 Å². The number of rotatable bonds is 12. The van der Waals surface area contributed by atoms with Crippen molar-refractivity contribution in [2.75, 3.05) is 31.6 Å². The average molecular weight is 469 g/mol. The number of hydrogen-bond donors (Lipinski definition) is 4. The lowest BCUT2D eigenvalue weighted by molar-refractivity contribution is 0.0692. The number of carbonyl (C=O) groups is 1. The van der Waals surface area contributed by atoms with E-state index in [1.54, 1.807) is 30.3 Å². The first-order valence-electron chi connectivity index (χ1n) is 11.0. The van der Waals surface area contributed by atoms with Crippen molar-refractivity contribution in [3.8, 4) is 16.9 Å². The molecule has 4 N–H and O–H groups in total. The van der Waals surface area contributed by atoms with Crippen LogP contribution in [0, 0.1) is 0 Å². The molecule has 3 aromatic carbocycles. The molecule has 0 spiro atoms. The number of halogens is 1. The fraction of sp³-hybridized carbons (Fsp3) is 0.269. The summed E-state index contributed by atoms with van der Waals surface area (Å²) in [7, 11) is 0. The minimum Gasteiger partial charge on any atom is -0.493 e. The highest BCUT2D eigenvalue weighted by molar-refractivity contribution is 6.30. The van der Waals surface area contributed by atoms with E-state index in [1.807, 2.05) is 43.3 Å². The van der Waals surface area contributed by atoms with Crippen molar-refractivity contribution in [2.45, 2.75) is 19.4 Å². The standard InChI is InChI=1S/C26H29ClN2O4/c1-2-14-33-25-16-19(8-11-23(25)26(31)32)18-6-9-22(10-7-18)29-13-12-28-17-24(30)20-4-3-5-21(27)15-20/h3-11,15-16,24,28-30H,2,12-14,17H2,1H3,(H,31,32)/t24-/m0/s1. The second-order valence-corrected chi connectivity index (χ2v) is 8.08. The Morgan fingerprint density at radius 3 is 2.48 bits per heavy atom. The Kier molecular flexibility index (Phi) is 9.13. The Balaban J connectivity index is 1.50. The number of carboxylic acids is 1. The van der Waals surface area contributed by atoms with Gasteiger partial charge < -0.3 is 25.6 Å². The third-order valence-corrected chi connectivity index (χ3v) is 5.33. The Morgan fingerprint density at radius 2 is 1.79 bits per heavy atom. The van der Waals surface area contributed by atoms with Crippen LogP contribution in [0.2, 0.25) is 5.02 Å². The summed E-state index contributed by atoms with van der Waals surface area (Å²) in [6.45, 7) is 4.28. The van der Waals surface area contributed by atoms with Gasteiger partial charge in [-0.15, -0.1) is 0 Å². The van der Waals surface area contributed by atoms with Crippen LogP contribution in [-0.4, -0.2) is 42.4 Å². The molecule has 0 fully saturated rings. The monoisotopic (exact) mass is 468 g/mol. The van der Waals surface area contributed by atoms with Gasteiger partial charge in [-0.05, 0) is 59.5 Å². The zero-order valence-electron chi connectivity index (χ0n) is 18.6. The van der Waals surface area contributed by atoms with Crippen LogP contribution in [-0.2, 0) is 0 Å². The van der Waals surface area contributed by atoms with Gasteiger partial charge in [-0.1, -0.05) is 48.9 Å². The molecule has 0 aromatic heterocycles. The number of benzene rings is 3. The van der Waals surface area contributed by atoms with Crippen LogP contribution in [0.4, 0.5) is 5.69 Å². The molecule has 1 atom stereocenters. The van der Waals surface area contributed by atoms with Crippen molar-refractivity contribution < 1.29 is 19.7 Å². The summed E-state index contributed by atoms with van der Waals surface area (Å²) < 4.78 is 5.64. The fourth-order valence-corrected chi connectivity index (χ4v) is 3.55. The highest BCUT2D eigenvalue weighted by Crippen LogP contribution is 2.28. The Labute approximate surface area is 199 Å². The van der Waals surface area contributed by atoms with Gasteiger partial charge in [0.15, 0.2) is 0 Å². The molecule has 0 amide bonds. The molecule has 0 aliphatic rings. The molecule has 0 heterocycles. The molecule has 3 rings (SSSR count). The molecule has 0 radical (unpaired) electrons. The van der Waals surface area contributed by atoms with Gasteiger partial charge in [0.1, 0.15) is 11.3 Å². The topological polar surface area (TPSA) is 90.8 Å². The Hall–Kier alpha value is -3.06. The molecule has 0 unspecified atom stereocenters. The van der Waals surface area contributed by atoms with E-state index in [2.05, 4.69) is 10.6 Å². The number of nitrogens with one attached hydrogen (secondary N) is 2. The van der Waals surface area contributed by atoms with E-state index < -0.39 is 12.1 Å². The fourth-order valence-electron chi connectivity index (χ4n) is 3.36. The van der Waals surface area contributed by atoms with E-state index in [-0.39, 0.29) is 5.56 Å². The number of aliphatic hydroxyl groups is 1. The Bertz CT molecular complexity index is 1060. The summed E-state index contributed by atoms with van der Waals surface area (Å²) in [4.78, 5) is 11.4. The smallest absolute Gasteiger partial charge is 0.339 e. The summed E-state index contributed by atoms with van der Waals surface area (Å²) in [5, 5.41) is 26.8. The van der Waals surface area contributed by atoms with E-state index >= 15 is 0 Å². The van der Waals surface area contributed by atoms with Crippen molar-refractivity contribution in [3.63, 3.8) is 0 Å². The SMILES string of the molecule is CCCOc1cc(-c2ccc(NCCNC[C@H](O)c3cccc(Cl)c3)cc2)ccc1C(=O)O. The first-order valence-corrected chi connectivity index (χ1v) is 11.3. The van der Waals surface area contributed by atoms with Crippen LogP contribution in [0.15, 0.2) is 66.7 Å². The largest absolute Gasteiger partial charge is 0.493 e. The molecule has 7 heteroatoms. The van der Waals surface area contributed by atoms with Gasteiger partial charge in [0.25, 0.3) is 0 Å². The van der Waals surface area contributed by atoms with Crippen molar-refractivity contribution in [2.24, 2.45) is 0 Å². The molecule has 33 heavy (non-hydrogen) atoms. The molecule has 0 saturated heterocycles. The van der Waals surface area contributed by atoms with Gasteiger partial charge in [0.2, 0.25) is 0 Å². The van der Waals surface area contributed by atoms with Crippen LogP contribution in [0.25, 0.3) is 11.1 Å². The highest BCUT2D eigenvalue weighted by atomic mass is 35.5. The molecule has 0 bridgehead atoms. The van der Waals surface area contributed by atoms with Crippen LogP contribution in [0.5, 0.6) is 5.75 Å². The van der Waals surface area contributed by atoms with Gasteiger partial charge in [-0.3, -0.25) is 0 Å². The average Bonchev–Trinajstić information content (AvgIpc) is 2.82. The molecule has 3 aromatic rings. The lowest BCUT2D eigenvalue weighted by Gasteiger charge is -2.13. The maximum absolute atomic E-state index is 11.4. The van der Waals surface area contributed by atoms with Gasteiger partial charge in [0, 0.05) is 30.3 Å². The summed E-state index contributed by atoms with van der Waals surface area (Å²) in [5.74, 6) is -0.615. The van der Waals surface area contributed by atoms with E-state index in [1.165, 1.54) is 0 Å². The van der Waals surface area contributed by atoms with Gasteiger partial charge in [0.05, 0.1) is 12.7 Å². The number of ether oxygens (including phenoxy) is 1. The van der Waals surface area contributed by atoms with E-state index in [4.69, 9.17) is 16.3 Å². The lowest BCUT2D eigenvalue weighted by atomic mass is 10.0. The van der Waals surface area contributed by atoms with Crippen molar-refractivity contribution in [1.29, 1.82) is 0 Å². The zero-order valence-corrected chi connectivity index (χ0v) is 19.3. The third-order valence-electron chi connectivity index (χ3n) is 5.09. The molecule has 6 nitrogen and oxygen atoms in total. The van der Waals surface area contributed by atoms with Gasteiger partial charge in [-0.25, -0.2) is 4.79 Å².